The lowest BCUT2D eigenvalue weighted by Crippen LogP contribution is -2.34. The van der Waals surface area contributed by atoms with Crippen LogP contribution in [0.1, 0.15) is 35.2 Å². The average Bonchev–Trinajstić information content (AvgIpc) is 2.77. The molecular formula is C16H21NS. The molecule has 2 rings (SSSR count). The van der Waals surface area contributed by atoms with E-state index in [9.17, 15) is 0 Å². The minimum Gasteiger partial charge on any atom is -0.312 e. The lowest BCUT2D eigenvalue weighted by molar-refractivity contribution is 0.373. The van der Waals surface area contributed by atoms with Gasteiger partial charge in [0.2, 0.25) is 0 Å². The Morgan fingerprint density at radius 3 is 2.22 bits per heavy atom. The van der Waals surface area contributed by atoms with Gasteiger partial charge in [-0.15, -0.1) is 11.3 Å². The number of hydrogen-bond acceptors (Lipinski definition) is 2. The van der Waals surface area contributed by atoms with Gasteiger partial charge in [-0.3, -0.25) is 0 Å². The zero-order valence-corrected chi connectivity index (χ0v) is 12.3. The second-order valence-corrected chi connectivity index (χ2v) is 6.58. The van der Waals surface area contributed by atoms with Crippen LogP contribution in [0.2, 0.25) is 0 Å². The highest BCUT2D eigenvalue weighted by Crippen LogP contribution is 2.39. The predicted octanol–water partition coefficient (Wildman–Crippen LogP) is 4.29. The third-order valence-electron chi connectivity index (χ3n) is 3.57. The Morgan fingerprint density at radius 1 is 1.06 bits per heavy atom. The minimum absolute atomic E-state index is 0.0767. The Morgan fingerprint density at radius 2 is 1.72 bits per heavy atom. The fraction of sp³-hybridized carbons (Fsp3) is 0.375. The van der Waals surface area contributed by atoms with Crippen LogP contribution in [0.25, 0.3) is 0 Å². The van der Waals surface area contributed by atoms with Crippen LogP contribution in [-0.4, -0.2) is 7.05 Å². The molecule has 0 aliphatic rings. The molecule has 1 atom stereocenters. The molecule has 0 fully saturated rings. The first-order chi connectivity index (χ1) is 8.55. The smallest absolute Gasteiger partial charge is 0.0505 e. The standard InChI is InChI=1S/C16H21NS/c1-12-10-11-14(18-12)15(17-4)16(2,3)13-8-6-5-7-9-13/h5-11,15,17H,1-4H3. The quantitative estimate of drug-likeness (QED) is 0.863. The first-order valence-electron chi connectivity index (χ1n) is 6.35. The van der Waals surface area contributed by atoms with Gasteiger partial charge in [0.25, 0.3) is 0 Å². The second-order valence-electron chi connectivity index (χ2n) is 5.26. The molecule has 0 saturated carbocycles. The maximum atomic E-state index is 3.48. The maximum Gasteiger partial charge on any atom is 0.0505 e. The number of thiophene rings is 1. The number of benzene rings is 1. The highest BCUT2D eigenvalue weighted by molar-refractivity contribution is 7.12. The van der Waals surface area contributed by atoms with E-state index in [2.05, 4.69) is 68.6 Å². The van der Waals surface area contributed by atoms with Gasteiger partial charge in [-0.2, -0.15) is 0 Å². The molecule has 0 spiro atoms. The van der Waals surface area contributed by atoms with Crippen LogP contribution in [0.5, 0.6) is 0 Å². The fourth-order valence-electron chi connectivity index (χ4n) is 2.50. The van der Waals surface area contributed by atoms with Gasteiger partial charge < -0.3 is 5.32 Å². The Labute approximate surface area is 114 Å². The van der Waals surface area contributed by atoms with Gasteiger partial charge >= 0.3 is 0 Å². The first kappa shape index (κ1) is 13.3. The molecule has 1 nitrogen and oxygen atoms in total. The van der Waals surface area contributed by atoms with E-state index in [0.29, 0.717) is 6.04 Å². The molecule has 0 aliphatic heterocycles. The summed E-state index contributed by atoms with van der Waals surface area (Å²) in [6, 6.07) is 15.5. The summed E-state index contributed by atoms with van der Waals surface area (Å²) < 4.78 is 0. The number of aryl methyl sites for hydroxylation is 1. The van der Waals surface area contributed by atoms with Crippen LogP contribution in [0.4, 0.5) is 0 Å². The van der Waals surface area contributed by atoms with Gasteiger partial charge in [0.05, 0.1) is 6.04 Å². The lowest BCUT2D eigenvalue weighted by Gasteiger charge is -2.34. The number of hydrogen-bond donors (Lipinski definition) is 1. The van der Waals surface area contributed by atoms with Crippen LogP contribution in [-0.2, 0) is 5.41 Å². The Hall–Kier alpha value is -1.12. The van der Waals surface area contributed by atoms with Crippen molar-refractivity contribution < 1.29 is 0 Å². The molecule has 1 N–H and O–H groups in total. The van der Waals surface area contributed by atoms with Crippen LogP contribution >= 0.6 is 11.3 Å². The highest BCUT2D eigenvalue weighted by atomic mass is 32.1. The van der Waals surface area contributed by atoms with Crippen molar-refractivity contribution in [1.29, 1.82) is 0 Å². The van der Waals surface area contributed by atoms with Gasteiger partial charge in [0.15, 0.2) is 0 Å². The van der Waals surface area contributed by atoms with E-state index >= 15 is 0 Å². The van der Waals surface area contributed by atoms with Crippen molar-refractivity contribution in [2.75, 3.05) is 7.05 Å². The molecule has 1 heterocycles. The Kier molecular flexibility index (Phi) is 3.88. The normalized spacial score (nSPS) is 13.6. The molecule has 1 unspecified atom stereocenters. The monoisotopic (exact) mass is 259 g/mol. The molecule has 0 amide bonds. The van der Waals surface area contributed by atoms with Crippen molar-refractivity contribution in [2.24, 2.45) is 0 Å². The maximum absolute atomic E-state index is 3.48. The molecule has 1 aromatic carbocycles. The van der Waals surface area contributed by atoms with E-state index in [1.807, 2.05) is 18.4 Å². The third kappa shape index (κ3) is 2.50. The molecule has 0 radical (unpaired) electrons. The van der Waals surface area contributed by atoms with Crippen molar-refractivity contribution in [3.63, 3.8) is 0 Å². The molecule has 2 aromatic rings. The van der Waals surface area contributed by atoms with E-state index < -0.39 is 0 Å². The zero-order chi connectivity index (χ0) is 13.2. The highest BCUT2D eigenvalue weighted by Gasteiger charge is 2.32. The fourth-order valence-corrected chi connectivity index (χ4v) is 3.68. The molecule has 0 aliphatic carbocycles. The molecule has 96 valence electrons. The van der Waals surface area contributed by atoms with Crippen molar-refractivity contribution >= 4 is 11.3 Å². The molecule has 18 heavy (non-hydrogen) atoms. The van der Waals surface area contributed by atoms with Crippen molar-refractivity contribution in [3.8, 4) is 0 Å². The SMILES string of the molecule is CNC(c1ccc(C)s1)C(C)(C)c1ccccc1. The second kappa shape index (κ2) is 5.25. The molecule has 0 saturated heterocycles. The number of rotatable bonds is 4. The van der Waals surface area contributed by atoms with Crippen LogP contribution in [0.15, 0.2) is 42.5 Å². The van der Waals surface area contributed by atoms with Crippen LogP contribution in [0, 0.1) is 6.92 Å². The van der Waals surface area contributed by atoms with Gasteiger partial charge in [-0.1, -0.05) is 44.2 Å². The summed E-state index contributed by atoms with van der Waals surface area (Å²) >= 11 is 1.88. The molecule has 0 bridgehead atoms. The van der Waals surface area contributed by atoms with E-state index in [1.165, 1.54) is 15.3 Å². The third-order valence-corrected chi connectivity index (χ3v) is 4.64. The van der Waals surface area contributed by atoms with Crippen LogP contribution in [0.3, 0.4) is 0 Å². The average molecular weight is 259 g/mol. The Bertz CT molecular complexity index is 499. The largest absolute Gasteiger partial charge is 0.312 e. The van der Waals surface area contributed by atoms with Gasteiger partial charge in [0.1, 0.15) is 0 Å². The number of likely N-dealkylation sites (N-methyl/N-ethyl adjacent to an activating group) is 1. The molecule has 2 heteroatoms. The summed E-state index contributed by atoms with van der Waals surface area (Å²) in [4.78, 5) is 2.78. The zero-order valence-electron chi connectivity index (χ0n) is 11.5. The van der Waals surface area contributed by atoms with Crippen molar-refractivity contribution in [1.82, 2.24) is 5.32 Å². The molecular weight excluding hydrogens is 238 g/mol. The van der Waals surface area contributed by atoms with Gasteiger partial charge in [-0.25, -0.2) is 0 Å². The summed E-state index contributed by atoms with van der Waals surface area (Å²) in [5.41, 5.74) is 1.45. The van der Waals surface area contributed by atoms with E-state index in [4.69, 9.17) is 0 Å². The van der Waals surface area contributed by atoms with E-state index in [-0.39, 0.29) is 5.41 Å². The minimum atomic E-state index is 0.0767. The predicted molar refractivity (Wildman–Crippen MR) is 80.3 cm³/mol. The summed E-state index contributed by atoms with van der Waals surface area (Å²) in [6.45, 7) is 6.77. The summed E-state index contributed by atoms with van der Waals surface area (Å²) in [5.74, 6) is 0. The summed E-state index contributed by atoms with van der Waals surface area (Å²) in [6.07, 6.45) is 0. The van der Waals surface area contributed by atoms with Gasteiger partial charge in [0, 0.05) is 15.2 Å². The Balaban J connectivity index is 2.38. The lowest BCUT2D eigenvalue weighted by atomic mass is 9.77. The number of nitrogens with one attached hydrogen (secondary N) is 1. The van der Waals surface area contributed by atoms with Gasteiger partial charge in [-0.05, 0) is 31.7 Å². The molecule has 1 aromatic heterocycles. The van der Waals surface area contributed by atoms with E-state index in [0.717, 1.165) is 0 Å². The van der Waals surface area contributed by atoms with Crippen molar-refractivity contribution in [2.45, 2.75) is 32.2 Å². The topological polar surface area (TPSA) is 12.0 Å². The summed E-state index contributed by atoms with van der Waals surface area (Å²) in [5, 5.41) is 3.48. The van der Waals surface area contributed by atoms with E-state index in [1.54, 1.807) is 0 Å². The summed E-state index contributed by atoms with van der Waals surface area (Å²) in [7, 11) is 2.05. The van der Waals surface area contributed by atoms with Crippen LogP contribution < -0.4 is 5.32 Å². The van der Waals surface area contributed by atoms with Crippen molar-refractivity contribution in [3.05, 3.63) is 57.8 Å². The first-order valence-corrected chi connectivity index (χ1v) is 7.16.